The highest BCUT2D eigenvalue weighted by molar-refractivity contribution is 9.09. The predicted molar refractivity (Wildman–Crippen MR) is 458 cm³/mol. The summed E-state index contributed by atoms with van der Waals surface area (Å²) in [6.07, 6.45) is 0.907. The zero-order valence-corrected chi connectivity index (χ0v) is 74.0. The van der Waals surface area contributed by atoms with Gasteiger partial charge in [0.25, 0.3) is 0 Å². The Labute approximate surface area is 695 Å². The van der Waals surface area contributed by atoms with Gasteiger partial charge in [-0.1, -0.05) is 135 Å². The van der Waals surface area contributed by atoms with E-state index in [2.05, 4.69) is 50.9 Å². The van der Waals surface area contributed by atoms with Crippen molar-refractivity contribution in [2.45, 2.75) is 156 Å². The van der Waals surface area contributed by atoms with Crippen molar-refractivity contribution < 1.29 is 118 Å². The number of hydrogen-bond acceptors (Lipinski definition) is 19. The summed E-state index contributed by atoms with van der Waals surface area (Å²) in [5.41, 5.74) is 15.1. The molecule has 0 heterocycles. The summed E-state index contributed by atoms with van der Waals surface area (Å²) in [6.45, 7) is 35.5. The first-order valence-electron chi connectivity index (χ1n) is 36.4. The topological polar surface area (TPSA) is 394 Å². The summed E-state index contributed by atoms with van der Waals surface area (Å²) in [7, 11) is 9.55. The molecule has 0 spiro atoms. The second-order valence-corrected chi connectivity index (χ2v) is 25.5. The number of benzene rings is 8. The number of carbonyl (C=O) groups excluding carboxylic acids is 3. The number of phenols is 5. The number of carbonyl (C=O) groups is 8. The maximum atomic E-state index is 11.9. The van der Waals surface area contributed by atoms with Crippen molar-refractivity contribution in [3.05, 3.63) is 249 Å². The van der Waals surface area contributed by atoms with Crippen LogP contribution >= 0.6 is 31.9 Å². The summed E-state index contributed by atoms with van der Waals surface area (Å²) in [5, 5.41) is 90.4. The minimum atomic E-state index is -1.02. The third kappa shape index (κ3) is 40.1. The van der Waals surface area contributed by atoms with Crippen LogP contribution in [0.15, 0.2) is 121 Å². The second-order valence-electron chi connectivity index (χ2n) is 23.9. The highest BCUT2D eigenvalue weighted by atomic mass is 79.9. The lowest BCUT2D eigenvalue weighted by Gasteiger charge is -2.12. The van der Waals surface area contributed by atoms with Gasteiger partial charge in [-0.2, -0.15) is 0 Å². The fourth-order valence-corrected chi connectivity index (χ4v) is 10.1. The Balaban J connectivity index is -0.000000606. The molecule has 0 aliphatic rings. The largest absolute Gasteiger partial charge is 0.508 e. The van der Waals surface area contributed by atoms with Crippen molar-refractivity contribution in [3.63, 3.8) is 0 Å². The SMILES string of the molecule is CC.CC.CC.CCBr.CCc1cc(COC)c(C)c(C(=O)COC)c1.COCC(=O)c1cc(C)cc(COC)c1C.COCC(=O)c1cc(CBr)cc(COC)c1C.Cc1c(O)cccc1C(=O)O.Cc1c(O)cccc1C(=O)O.Cc1c(O)cccc1C(=O)O.Cc1c(O)cccc1C(=O)O.Cc1cc(O)c(C)c(C(=O)O)c1. The molecule has 0 aliphatic carbocycles. The molecule has 0 atom stereocenters. The van der Waals surface area contributed by atoms with Crippen LogP contribution in [0.25, 0.3) is 0 Å². The summed E-state index contributed by atoms with van der Waals surface area (Å²) >= 11 is 6.55. The molecule has 0 saturated carbocycles. The van der Waals surface area contributed by atoms with E-state index < -0.39 is 29.8 Å². The van der Waals surface area contributed by atoms with Crippen molar-refractivity contribution in [3.8, 4) is 28.7 Å². The molecule has 115 heavy (non-hydrogen) atoms. The molecule has 10 N–H and O–H groups in total. The van der Waals surface area contributed by atoms with E-state index in [4.69, 9.17) is 74.4 Å². The quantitative estimate of drug-likeness (QED) is 0.0222. The van der Waals surface area contributed by atoms with E-state index in [0.717, 1.165) is 89.4 Å². The van der Waals surface area contributed by atoms with Crippen LogP contribution in [-0.2, 0) is 60.0 Å². The number of rotatable bonds is 22. The predicted octanol–water partition coefficient (Wildman–Crippen LogP) is 19.5. The van der Waals surface area contributed by atoms with E-state index in [-0.39, 0.29) is 93.7 Å². The molecule has 8 rings (SSSR count). The number of Topliss-reactive ketones (excluding diaryl/α,β-unsaturated/α-hetero) is 3. The first-order chi connectivity index (χ1) is 54.3. The number of carboxylic acid groups (broad SMARTS) is 5. The molecular weight excluding hydrogens is 1610 g/mol. The molecule has 0 amide bonds. The van der Waals surface area contributed by atoms with Crippen LogP contribution < -0.4 is 0 Å². The zero-order chi connectivity index (χ0) is 89.5. The van der Waals surface area contributed by atoms with Gasteiger partial charge < -0.3 is 79.5 Å². The maximum Gasteiger partial charge on any atom is 0.336 e. The summed E-state index contributed by atoms with van der Waals surface area (Å²) in [5.74, 6) is -4.92. The summed E-state index contributed by atoms with van der Waals surface area (Å²) in [6, 6.07) is 32.7. The molecule has 24 nitrogen and oxygen atoms in total. The summed E-state index contributed by atoms with van der Waals surface area (Å²) in [4.78, 5) is 88.1. The zero-order valence-electron chi connectivity index (χ0n) is 70.9. The number of halogens is 2. The van der Waals surface area contributed by atoms with Gasteiger partial charge in [0.2, 0.25) is 0 Å². The number of carboxylic acids is 5. The number of phenolic OH excluding ortho intramolecular Hbond substituents is 5. The third-order valence-electron chi connectivity index (χ3n) is 15.9. The second kappa shape index (κ2) is 62.2. The molecule has 0 aliphatic heterocycles. The van der Waals surface area contributed by atoms with Crippen molar-refractivity contribution >= 4 is 79.1 Å². The van der Waals surface area contributed by atoms with Crippen LogP contribution in [0.5, 0.6) is 28.7 Å². The van der Waals surface area contributed by atoms with Gasteiger partial charge in [0.05, 0.1) is 47.6 Å². The van der Waals surface area contributed by atoms with Gasteiger partial charge in [-0.15, -0.1) is 0 Å². The van der Waals surface area contributed by atoms with Gasteiger partial charge in [0.15, 0.2) is 17.3 Å². The van der Waals surface area contributed by atoms with Gasteiger partial charge in [0.1, 0.15) is 48.6 Å². The first-order valence-corrected chi connectivity index (χ1v) is 38.7. The van der Waals surface area contributed by atoms with E-state index in [1.165, 1.54) is 100 Å². The van der Waals surface area contributed by atoms with Gasteiger partial charge in [-0.25, -0.2) is 24.0 Å². The van der Waals surface area contributed by atoms with Crippen LogP contribution in [0.3, 0.4) is 0 Å². The lowest BCUT2D eigenvalue weighted by molar-refractivity contribution is 0.0684. The highest BCUT2D eigenvalue weighted by Crippen LogP contribution is 2.27. The monoisotopic (exact) mass is 1730 g/mol. The average molecular weight is 1730 g/mol. The number of alkyl halides is 2. The molecular formula is C89H120Br2O24. The Morgan fingerprint density at radius 1 is 0.296 bits per heavy atom. The fraction of sp³-hybridized carbons (Fsp3) is 0.371. The fourth-order valence-electron chi connectivity index (χ4n) is 9.79. The minimum Gasteiger partial charge on any atom is -0.508 e. The van der Waals surface area contributed by atoms with Crippen LogP contribution in [0.4, 0.5) is 0 Å². The molecule has 26 heteroatoms. The van der Waals surface area contributed by atoms with E-state index in [1.807, 2.05) is 100 Å². The smallest absolute Gasteiger partial charge is 0.336 e. The number of aromatic hydroxyl groups is 5. The number of aromatic carboxylic acids is 5. The molecule has 0 radical (unpaired) electrons. The Morgan fingerprint density at radius 3 is 0.774 bits per heavy atom. The molecule has 634 valence electrons. The Morgan fingerprint density at radius 2 is 0.530 bits per heavy atom. The molecule has 0 bridgehead atoms. The van der Waals surface area contributed by atoms with Crippen LogP contribution in [0.1, 0.15) is 222 Å². The molecule has 0 fully saturated rings. The molecule has 8 aromatic carbocycles. The lowest BCUT2D eigenvalue weighted by atomic mass is 9.95. The van der Waals surface area contributed by atoms with Crippen molar-refractivity contribution in [2.75, 3.05) is 67.8 Å². The van der Waals surface area contributed by atoms with Crippen molar-refractivity contribution in [1.82, 2.24) is 0 Å². The van der Waals surface area contributed by atoms with Crippen LogP contribution in [0, 0.1) is 69.2 Å². The van der Waals surface area contributed by atoms with Gasteiger partial charge in [-0.05, 0) is 205 Å². The summed E-state index contributed by atoms with van der Waals surface area (Å²) < 4.78 is 30.1. The van der Waals surface area contributed by atoms with E-state index in [1.54, 1.807) is 68.9 Å². The average Bonchev–Trinajstić information content (AvgIpc) is 0.821. The number of methoxy groups -OCH3 is 6. The lowest BCUT2D eigenvalue weighted by Crippen LogP contribution is -2.11. The van der Waals surface area contributed by atoms with Gasteiger partial charge >= 0.3 is 29.8 Å². The van der Waals surface area contributed by atoms with Crippen LogP contribution in [-0.4, -0.2) is 166 Å². The highest BCUT2D eigenvalue weighted by Gasteiger charge is 2.18. The first kappa shape index (κ1) is 111. The Kier molecular flexibility index (Phi) is 60.2. The van der Waals surface area contributed by atoms with Gasteiger partial charge in [-0.3, -0.25) is 14.4 Å². The van der Waals surface area contributed by atoms with E-state index in [0.29, 0.717) is 47.6 Å². The molecule has 8 aromatic rings. The van der Waals surface area contributed by atoms with Crippen LogP contribution in [0.2, 0.25) is 0 Å². The van der Waals surface area contributed by atoms with E-state index >= 15 is 0 Å². The standard InChI is InChI=1S/C14H20O3.C13H17BrO3.C13H18O3.C9H10O3.4C8H8O3.C2H5Br.3C2H6/c1-5-11-6-12(8-16-3)10(2)13(7-11)14(15)9-17-4;1-9-11(7-16-2)4-10(6-14)5-12(9)13(15)8-17-3;1-9-5-11(7-15-3)10(2)12(6-9)13(14)8-16-4;1-5-3-7(9(11)12)6(2)8(10)4-5;4*1-5-6(8(10)11)3-2-4-7(5)9;1-2-3;3*1-2/h6-7H,5,8-9H2,1-4H3;4-5H,6-8H2,1-3H3;5-6H,7-8H2,1-4H3;3-4,10H,1-2H3,(H,11,12);4*2-4,9H,1H3,(H,10,11);2H2,1H3;3*1-2H3. The number of hydrogen-bond donors (Lipinski definition) is 10. The number of ether oxygens (including phenoxy) is 6. The van der Waals surface area contributed by atoms with Gasteiger partial charge in [0, 0.05) is 97.8 Å². The Hall–Kier alpha value is -10.2. The molecule has 0 saturated heterocycles. The number of ketones is 3. The molecule has 0 aromatic heterocycles. The maximum absolute atomic E-state index is 11.9. The third-order valence-corrected chi connectivity index (χ3v) is 16.5. The van der Waals surface area contributed by atoms with Crippen molar-refractivity contribution in [1.29, 1.82) is 0 Å². The van der Waals surface area contributed by atoms with Crippen molar-refractivity contribution in [2.24, 2.45) is 0 Å². The number of aryl methyl sites for hydroxylation is 3. The normalized spacial score (nSPS) is 9.58. The van der Waals surface area contributed by atoms with E-state index in [9.17, 15) is 43.5 Å². The molecule has 0 unspecified atom stereocenters. The minimum absolute atomic E-state index is 0.00477. The Bertz CT molecular complexity index is 4010.